The minimum atomic E-state index is -0.292. The summed E-state index contributed by atoms with van der Waals surface area (Å²) in [5.41, 5.74) is 14.4. The van der Waals surface area contributed by atoms with Gasteiger partial charge in [-0.1, -0.05) is 124 Å². The number of fused-ring (bicyclic) bond motifs is 7. The van der Waals surface area contributed by atoms with Gasteiger partial charge in [-0.05, 0) is 70.5 Å². The molecule has 0 spiro atoms. The molecule has 5 aromatic rings. The second-order valence-electron chi connectivity index (χ2n) is 13.1. The number of aryl methyl sites for hydroxylation is 2. The lowest BCUT2D eigenvalue weighted by Crippen LogP contribution is -2.24. The highest BCUT2D eigenvalue weighted by Crippen LogP contribution is 2.59. The molecule has 2 aliphatic carbocycles. The third-order valence-corrected chi connectivity index (χ3v) is 9.57. The maximum absolute atomic E-state index is 13.5. The summed E-state index contributed by atoms with van der Waals surface area (Å²) in [6.45, 7) is 13.2. The number of benzene rings is 5. The quantitative estimate of drug-likeness (QED) is 0.210. The molecule has 0 N–H and O–H groups in total. The highest BCUT2D eigenvalue weighted by atomic mass is 16.1. The number of hydrogen-bond acceptors (Lipinski definition) is 2. The number of carbonyl (C=O) groups excluding carboxylic acids is 2. The first-order chi connectivity index (χ1) is 20.0. The van der Waals surface area contributed by atoms with Crippen LogP contribution in [0.25, 0.3) is 22.3 Å². The minimum absolute atomic E-state index is 0.0493. The van der Waals surface area contributed by atoms with Gasteiger partial charge in [0.25, 0.3) is 0 Å². The zero-order chi connectivity index (χ0) is 29.6. The van der Waals surface area contributed by atoms with Crippen molar-refractivity contribution in [2.24, 2.45) is 0 Å². The topological polar surface area (TPSA) is 34.1 Å². The van der Waals surface area contributed by atoms with E-state index in [9.17, 15) is 9.59 Å². The smallest absolute Gasteiger partial charge is 0.193 e. The minimum Gasteiger partial charge on any atom is -0.289 e. The monoisotopic (exact) mass is 546 g/mol. The van der Waals surface area contributed by atoms with Crippen molar-refractivity contribution < 1.29 is 9.59 Å². The number of rotatable bonds is 4. The SMILES string of the molecule is Cc1ccc(C(=O)c2ccc3c(c2)C(C)(C)c2c-3ccc3c2C(C)(C)c2cc(C(=O)c4ccc(C)cc4)ccc2-3)cc1. The van der Waals surface area contributed by atoms with Crippen LogP contribution in [0.1, 0.15) is 92.9 Å². The second-order valence-corrected chi connectivity index (χ2v) is 13.1. The molecule has 0 radical (unpaired) electrons. The summed E-state index contributed by atoms with van der Waals surface area (Å²) in [6.07, 6.45) is 0. The summed E-state index contributed by atoms with van der Waals surface area (Å²) in [5, 5.41) is 0. The van der Waals surface area contributed by atoms with Gasteiger partial charge in [0.05, 0.1) is 0 Å². The van der Waals surface area contributed by atoms with E-state index in [1.54, 1.807) is 0 Å². The van der Waals surface area contributed by atoms with Gasteiger partial charge < -0.3 is 0 Å². The predicted molar refractivity (Wildman–Crippen MR) is 171 cm³/mol. The number of hydrogen-bond donors (Lipinski definition) is 0. The van der Waals surface area contributed by atoms with E-state index in [0.717, 1.165) is 22.3 Å². The fourth-order valence-electron chi connectivity index (χ4n) is 7.24. The summed E-state index contributed by atoms with van der Waals surface area (Å²) in [7, 11) is 0. The Hall–Kier alpha value is -4.56. The van der Waals surface area contributed by atoms with Crippen molar-refractivity contribution >= 4 is 11.6 Å². The lowest BCUT2D eigenvalue weighted by atomic mass is 9.72. The van der Waals surface area contributed by atoms with E-state index >= 15 is 0 Å². The first-order valence-corrected chi connectivity index (χ1v) is 14.7. The van der Waals surface area contributed by atoms with Crippen molar-refractivity contribution in [1.29, 1.82) is 0 Å². The number of ketones is 2. The van der Waals surface area contributed by atoms with E-state index in [0.29, 0.717) is 11.1 Å². The maximum atomic E-state index is 13.5. The van der Waals surface area contributed by atoms with Crippen molar-refractivity contribution in [3.8, 4) is 22.3 Å². The average molecular weight is 547 g/mol. The van der Waals surface area contributed by atoms with Crippen LogP contribution >= 0.6 is 0 Å². The third-order valence-electron chi connectivity index (χ3n) is 9.57. The van der Waals surface area contributed by atoms with E-state index < -0.39 is 0 Å². The molecule has 0 amide bonds. The molecule has 7 rings (SSSR count). The van der Waals surface area contributed by atoms with Gasteiger partial charge in [0.2, 0.25) is 0 Å². The van der Waals surface area contributed by atoms with Gasteiger partial charge in [0.15, 0.2) is 11.6 Å². The Labute approximate surface area is 248 Å². The normalized spacial score (nSPS) is 15.0. The summed E-state index contributed by atoms with van der Waals surface area (Å²) >= 11 is 0. The van der Waals surface area contributed by atoms with Crippen molar-refractivity contribution in [3.63, 3.8) is 0 Å². The third kappa shape index (κ3) is 3.71. The van der Waals surface area contributed by atoms with Gasteiger partial charge in [-0.2, -0.15) is 0 Å². The fraction of sp³-hybridized carbons (Fsp3) is 0.200. The molecular weight excluding hydrogens is 512 g/mol. The van der Waals surface area contributed by atoms with E-state index in [4.69, 9.17) is 0 Å². The van der Waals surface area contributed by atoms with Crippen LogP contribution in [-0.2, 0) is 10.8 Å². The molecule has 206 valence electrons. The zero-order valence-corrected chi connectivity index (χ0v) is 25.1. The van der Waals surface area contributed by atoms with Gasteiger partial charge in [-0.15, -0.1) is 0 Å². The Kier molecular flexibility index (Phi) is 5.63. The first kappa shape index (κ1) is 26.3. The first-order valence-electron chi connectivity index (χ1n) is 14.7. The van der Waals surface area contributed by atoms with E-state index in [2.05, 4.69) is 64.1 Å². The van der Waals surface area contributed by atoms with Gasteiger partial charge in [0, 0.05) is 33.1 Å². The maximum Gasteiger partial charge on any atom is 0.193 e. The van der Waals surface area contributed by atoms with Crippen LogP contribution in [0.15, 0.2) is 97.1 Å². The number of carbonyl (C=O) groups is 2. The molecule has 0 unspecified atom stereocenters. The molecule has 0 atom stereocenters. The molecule has 0 fully saturated rings. The van der Waals surface area contributed by atoms with Crippen LogP contribution in [0, 0.1) is 13.8 Å². The summed E-state index contributed by atoms with van der Waals surface area (Å²) in [4.78, 5) is 26.9. The van der Waals surface area contributed by atoms with E-state index in [1.807, 2.05) is 74.5 Å². The lowest BCUT2D eigenvalue weighted by Gasteiger charge is -2.31. The molecule has 0 heterocycles. The molecule has 5 aromatic carbocycles. The fourth-order valence-corrected chi connectivity index (χ4v) is 7.24. The average Bonchev–Trinajstić information content (AvgIpc) is 3.36. The summed E-state index contributed by atoms with van der Waals surface area (Å²) in [5.74, 6) is 0.0987. The van der Waals surface area contributed by atoms with Crippen LogP contribution in [0.4, 0.5) is 0 Å². The molecule has 0 aromatic heterocycles. The molecule has 0 aliphatic heterocycles. The Morgan fingerprint density at radius 1 is 0.429 bits per heavy atom. The van der Waals surface area contributed by atoms with Crippen molar-refractivity contribution in [1.82, 2.24) is 0 Å². The Bertz CT molecular complexity index is 1810. The molecule has 2 aliphatic rings. The van der Waals surface area contributed by atoms with Crippen LogP contribution in [0.5, 0.6) is 0 Å². The van der Waals surface area contributed by atoms with Crippen molar-refractivity contribution in [3.05, 3.63) is 153 Å². The molecule has 0 saturated carbocycles. The second kappa shape index (κ2) is 8.97. The van der Waals surface area contributed by atoms with Crippen molar-refractivity contribution in [2.45, 2.75) is 52.4 Å². The highest BCUT2D eigenvalue weighted by molar-refractivity contribution is 6.10. The van der Waals surface area contributed by atoms with Gasteiger partial charge in [0.1, 0.15) is 0 Å². The Morgan fingerprint density at radius 3 is 1.10 bits per heavy atom. The van der Waals surface area contributed by atoms with Gasteiger partial charge in [-0.3, -0.25) is 9.59 Å². The van der Waals surface area contributed by atoms with Crippen LogP contribution < -0.4 is 0 Å². The van der Waals surface area contributed by atoms with Gasteiger partial charge >= 0.3 is 0 Å². The van der Waals surface area contributed by atoms with Crippen LogP contribution in [0.3, 0.4) is 0 Å². The standard InChI is InChI=1S/C40H34O2/c1-23-7-11-25(12-8-23)37(41)27-15-17-29-31-19-20-32-30-18-16-28(38(42)26-13-9-24(2)10-14-26)22-34(30)40(5,6)36(32)35(31)39(3,4)33(29)21-27/h7-22H,1-6H3. The van der Waals surface area contributed by atoms with Crippen LogP contribution in [-0.4, -0.2) is 11.6 Å². The Morgan fingerprint density at radius 2 is 0.738 bits per heavy atom. The van der Waals surface area contributed by atoms with E-state index in [-0.39, 0.29) is 22.4 Å². The molecule has 0 bridgehead atoms. The molecule has 2 nitrogen and oxygen atoms in total. The summed E-state index contributed by atoms with van der Waals surface area (Å²) in [6, 6.07) is 32.5. The summed E-state index contributed by atoms with van der Waals surface area (Å²) < 4.78 is 0. The van der Waals surface area contributed by atoms with E-state index in [1.165, 1.54) is 44.5 Å². The molecule has 0 saturated heterocycles. The van der Waals surface area contributed by atoms with Crippen molar-refractivity contribution in [2.75, 3.05) is 0 Å². The molecule has 42 heavy (non-hydrogen) atoms. The van der Waals surface area contributed by atoms with Gasteiger partial charge in [-0.25, -0.2) is 0 Å². The van der Waals surface area contributed by atoms with Crippen LogP contribution in [0.2, 0.25) is 0 Å². The zero-order valence-electron chi connectivity index (χ0n) is 25.1. The Balaban J connectivity index is 1.32. The predicted octanol–water partition coefficient (Wildman–Crippen LogP) is 9.38. The lowest BCUT2D eigenvalue weighted by molar-refractivity contribution is 0.103. The molecule has 2 heteroatoms. The largest absolute Gasteiger partial charge is 0.289 e. The molecular formula is C40H34O2. The highest BCUT2D eigenvalue weighted by Gasteiger charge is 2.46.